The third-order valence-corrected chi connectivity index (χ3v) is 7.70. The lowest BCUT2D eigenvalue weighted by atomic mass is 9.77. The second-order valence-electron chi connectivity index (χ2n) is 10.4. The van der Waals surface area contributed by atoms with Gasteiger partial charge in [-0.3, -0.25) is 14.2 Å². The Morgan fingerprint density at radius 1 is 1.20 bits per heavy atom. The number of nitriles is 1. The van der Waals surface area contributed by atoms with E-state index in [0.717, 1.165) is 25.0 Å². The Morgan fingerprint density at radius 2 is 1.93 bits per heavy atom. The van der Waals surface area contributed by atoms with E-state index in [-0.39, 0.29) is 41.4 Å². The van der Waals surface area contributed by atoms with Crippen LogP contribution in [0.4, 0.5) is 22.0 Å². The van der Waals surface area contributed by atoms with Gasteiger partial charge in [-0.05, 0) is 61.1 Å². The molecule has 2 aliphatic carbocycles. The Kier molecular flexibility index (Phi) is 6.30. The molecule has 0 radical (unpaired) electrons. The number of fused-ring (bicyclic) bond motifs is 1. The van der Waals surface area contributed by atoms with E-state index in [0.29, 0.717) is 22.0 Å². The average molecular weight is 569 g/mol. The third kappa shape index (κ3) is 4.60. The van der Waals surface area contributed by atoms with Crippen molar-refractivity contribution in [2.45, 2.75) is 50.6 Å². The molecule has 6 rings (SSSR count). The number of rotatable bonds is 6. The fraction of sp³-hybridized carbons (Fsp3) is 0.310. The summed E-state index contributed by atoms with van der Waals surface area (Å²) in [6, 6.07) is 8.19. The van der Waals surface area contributed by atoms with Gasteiger partial charge in [0, 0.05) is 34.7 Å². The van der Waals surface area contributed by atoms with Crippen molar-refractivity contribution in [3.8, 4) is 23.0 Å². The van der Waals surface area contributed by atoms with Crippen molar-refractivity contribution >= 4 is 16.7 Å². The molecule has 7 nitrogen and oxygen atoms in total. The van der Waals surface area contributed by atoms with Gasteiger partial charge in [0.25, 0.3) is 5.56 Å². The third-order valence-electron chi connectivity index (χ3n) is 7.70. The molecule has 3 heterocycles. The normalized spacial score (nSPS) is 18.8. The number of halogens is 5. The first-order valence-corrected chi connectivity index (χ1v) is 12.9. The number of nitrogens with one attached hydrogen (secondary N) is 1. The molecule has 0 amide bonds. The molecule has 0 aliphatic heterocycles. The molecular formula is C29H21F5N4O3. The predicted octanol–water partition coefficient (Wildman–Crippen LogP) is 5.71. The van der Waals surface area contributed by atoms with Crippen LogP contribution in [0.15, 0.2) is 41.3 Å². The number of aliphatic hydroxyl groups excluding tert-OH is 1. The molecule has 0 saturated heterocycles. The molecule has 0 unspecified atom stereocenters. The summed E-state index contributed by atoms with van der Waals surface area (Å²) >= 11 is 0. The van der Waals surface area contributed by atoms with Crippen LogP contribution in [-0.2, 0) is 12.8 Å². The van der Waals surface area contributed by atoms with E-state index in [2.05, 4.69) is 9.97 Å². The van der Waals surface area contributed by atoms with Crippen LogP contribution in [0, 0.1) is 23.1 Å². The summed E-state index contributed by atoms with van der Waals surface area (Å²) in [6.45, 7) is -0.792. The van der Waals surface area contributed by atoms with Crippen molar-refractivity contribution in [3.63, 3.8) is 0 Å². The summed E-state index contributed by atoms with van der Waals surface area (Å²) in [5.74, 6) is -1.93. The lowest BCUT2D eigenvalue weighted by Crippen LogP contribution is -2.32. The number of carbonyl (C=O) groups excluding carboxylic acids is 1. The van der Waals surface area contributed by atoms with Crippen LogP contribution in [0.1, 0.15) is 64.5 Å². The molecule has 1 aromatic carbocycles. The van der Waals surface area contributed by atoms with Gasteiger partial charge in [-0.15, -0.1) is 0 Å². The van der Waals surface area contributed by atoms with Gasteiger partial charge in [0.15, 0.2) is 5.78 Å². The highest BCUT2D eigenvalue weighted by atomic mass is 19.4. The molecule has 2 aliphatic rings. The first-order chi connectivity index (χ1) is 19.5. The zero-order valence-electron chi connectivity index (χ0n) is 21.2. The number of hydrogen-bond acceptors (Lipinski definition) is 5. The quantitative estimate of drug-likeness (QED) is 0.229. The van der Waals surface area contributed by atoms with E-state index in [1.165, 1.54) is 12.1 Å². The molecule has 2 fully saturated rings. The number of aromatic amines is 1. The fourth-order valence-electron chi connectivity index (χ4n) is 5.34. The molecule has 2 N–H and O–H groups in total. The largest absolute Gasteiger partial charge is 0.418 e. The Balaban J connectivity index is 1.59. The van der Waals surface area contributed by atoms with Gasteiger partial charge in [-0.2, -0.15) is 18.4 Å². The second-order valence-corrected chi connectivity index (χ2v) is 10.4. The highest BCUT2D eigenvalue weighted by Crippen LogP contribution is 2.42. The second kappa shape index (κ2) is 9.62. The molecule has 2 saturated carbocycles. The van der Waals surface area contributed by atoms with Crippen molar-refractivity contribution in [1.29, 1.82) is 5.26 Å². The average Bonchev–Trinajstić information content (AvgIpc) is 3.70. The fourth-order valence-corrected chi connectivity index (χ4v) is 5.34. The van der Waals surface area contributed by atoms with Crippen molar-refractivity contribution in [2.24, 2.45) is 5.92 Å². The van der Waals surface area contributed by atoms with E-state index in [9.17, 15) is 41.9 Å². The van der Waals surface area contributed by atoms with Gasteiger partial charge >= 0.3 is 6.18 Å². The molecular weight excluding hydrogens is 547 g/mol. The van der Waals surface area contributed by atoms with E-state index in [1.54, 1.807) is 12.1 Å². The number of alkyl halides is 4. The number of hydrogen-bond donors (Lipinski definition) is 2. The maximum Gasteiger partial charge on any atom is 0.418 e. The standard InChI is InChI=1S/C29H21F5N4O3/c30-16-3-4-18(19(9-16)27(40)15-5-17(31)6-15)14-7-22(13-1-2-13)36-24(8-14)38-11-21(29(32,33)34)25-20(10-35)23(12-39)37-26(25)28(38)41/h3-4,7-9,11,13,15,17,37,39H,1-2,5-6,12H2. The number of H-pyrrole nitrogens is 1. The van der Waals surface area contributed by atoms with Crippen molar-refractivity contribution in [3.05, 3.63) is 80.8 Å². The topological polar surface area (TPSA) is 112 Å². The summed E-state index contributed by atoms with van der Waals surface area (Å²) in [7, 11) is 0. The Bertz CT molecular complexity index is 1830. The van der Waals surface area contributed by atoms with Gasteiger partial charge < -0.3 is 10.1 Å². The Morgan fingerprint density at radius 3 is 2.54 bits per heavy atom. The van der Waals surface area contributed by atoms with E-state index >= 15 is 0 Å². The van der Waals surface area contributed by atoms with Gasteiger partial charge in [0.1, 0.15) is 29.4 Å². The maximum absolute atomic E-state index is 14.3. The van der Waals surface area contributed by atoms with Gasteiger partial charge in [0.2, 0.25) is 0 Å². The predicted molar refractivity (Wildman–Crippen MR) is 137 cm³/mol. The number of Topliss-reactive ketones (excluding diaryl/α,β-unsaturated/α-hetero) is 1. The monoisotopic (exact) mass is 568 g/mol. The van der Waals surface area contributed by atoms with Crippen LogP contribution in [0.3, 0.4) is 0 Å². The number of carbonyl (C=O) groups is 1. The van der Waals surface area contributed by atoms with Crippen molar-refractivity contribution < 1.29 is 31.9 Å². The summed E-state index contributed by atoms with van der Waals surface area (Å²) in [5.41, 5.74) is -2.35. The van der Waals surface area contributed by atoms with E-state index in [1.807, 2.05) is 0 Å². The van der Waals surface area contributed by atoms with Crippen LogP contribution in [0.5, 0.6) is 0 Å². The number of aliphatic hydroxyl groups is 1. The number of benzene rings is 1. The smallest absolute Gasteiger partial charge is 0.390 e. The van der Waals surface area contributed by atoms with Crippen LogP contribution in [0.2, 0.25) is 0 Å². The zero-order chi connectivity index (χ0) is 29.2. The zero-order valence-corrected chi connectivity index (χ0v) is 21.2. The molecule has 0 bridgehead atoms. The molecule has 3 aromatic heterocycles. The minimum atomic E-state index is -4.97. The van der Waals surface area contributed by atoms with Crippen LogP contribution >= 0.6 is 0 Å². The first-order valence-electron chi connectivity index (χ1n) is 12.9. The highest BCUT2D eigenvalue weighted by molar-refractivity contribution is 6.04. The van der Waals surface area contributed by atoms with Crippen LogP contribution < -0.4 is 5.56 Å². The Labute approximate surface area is 228 Å². The minimum absolute atomic E-state index is 0.00944. The number of nitrogens with zero attached hydrogens (tertiary/aromatic N) is 3. The van der Waals surface area contributed by atoms with Crippen LogP contribution in [0.25, 0.3) is 27.8 Å². The molecule has 0 atom stereocenters. The molecule has 12 heteroatoms. The number of ketones is 1. The van der Waals surface area contributed by atoms with E-state index in [4.69, 9.17) is 0 Å². The number of pyridine rings is 2. The van der Waals surface area contributed by atoms with Gasteiger partial charge in [0.05, 0.1) is 23.4 Å². The molecule has 4 aromatic rings. The lowest BCUT2D eigenvalue weighted by molar-refractivity contribution is -0.136. The lowest BCUT2D eigenvalue weighted by Gasteiger charge is -2.29. The molecule has 41 heavy (non-hydrogen) atoms. The summed E-state index contributed by atoms with van der Waals surface area (Å²) in [4.78, 5) is 33.6. The first kappa shape index (κ1) is 26.8. The van der Waals surface area contributed by atoms with Gasteiger partial charge in [-0.25, -0.2) is 13.8 Å². The van der Waals surface area contributed by atoms with Crippen molar-refractivity contribution in [2.75, 3.05) is 0 Å². The molecule has 0 spiro atoms. The SMILES string of the molecule is N#Cc1c(CO)[nH]c2c(=O)n(-c3cc(-c4ccc(F)cc4C(=O)C4CC(F)C4)cc(C4CC4)n3)cc(C(F)(F)F)c12. The van der Waals surface area contributed by atoms with Crippen molar-refractivity contribution in [1.82, 2.24) is 14.5 Å². The minimum Gasteiger partial charge on any atom is -0.390 e. The van der Waals surface area contributed by atoms with E-state index < -0.39 is 64.1 Å². The number of aromatic nitrogens is 3. The summed E-state index contributed by atoms with van der Waals surface area (Å²) < 4.78 is 71.2. The molecule has 210 valence electrons. The summed E-state index contributed by atoms with van der Waals surface area (Å²) in [5, 5.41) is 18.4. The summed E-state index contributed by atoms with van der Waals surface area (Å²) in [6.07, 6.45) is -3.95. The van der Waals surface area contributed by atoms with Crippen LogP contribution in [-0.4, -0.2) is 31.6 Å². The highest BCUT2D eigenvalue weighted by Gasteiger charge is 2.38. The Hall–Kier alpha value is -4.37. The maximum atomic E-state index is 14.3. The van der Waals surface area contributed by atoms with Gasteiger partial charge in [-0.1, -0.05) is 6.07 Å².